The summed E-state index contributed by atoms with van der Waals surface area (Å²) in [6.45, 7) is 15.6. The topological polar surface area (TPSA) is 53.5 Å². The summed E-state index contributed by atoms with van der Waals surface area (Å²) in [6.07, 6.45) is 25.8. The van der Waals surface area contributed by atoms with Gasteiger partial charge in [0, 0.05) is 22.2 Å². The zero-order valence-electron chi connectivity index (χ0n) is 33.5. The molecule has 0 aliphatic heterocycles. The van der Waals surface area contributed by atoms with Crippen molar-refractivity contribution in [3.63, 3.8) is 0 Å². The van der Waals surface area contributed by atoms with E-state index in [2.05, 4.69) is 122 Å². The normalized spacial score (nSPS) is 12.5. The molecule has 0 amide bonds. The van der Waals surface area contributed by atoms with Gasteiger partial charge in [0.2, 0.25) is 0 Å². The smallest absolute Gasteiger partial charge is 0.155 e. The maximum Gasteiger partial charge on any atom is 0.155 e. The van der Waals surface area contributed by atoms with Crippen LogP contribution in [0.25, 0.3) is 32.7 Å². The molecule has 1 atom stereocenters. The van der Waals surface area contributed by atoms with Crippen molar-refractivity contribution in [2.24, 2.45) is 0 Å². The number of fused-ring (bicyclic) bond motifs is 3. The molecule has 0 saturated carbocycles. The molecular weight excluding hydrogens is 637 g/mol. The monoisotopic (exact) mass is 703 g/mol. The van der Waals surface area contributed by atoms with E-state index in [0.29, 0.717) is 6.04 Å². The van der Waals surface area contributed by atoms with E-state index in [0.717, 1.165) is 19.3 Å². The van der Waals surface area contributed by atoms with Crippen LogP contribution < -0.4 is 0 Å². The molecule has 0 radical (unpaired) electrons. The highest BCUT2D eigenvalue weighted by Gasteiger charge is 2.37. The van der Waals surface area contributed by atoms with Gasteiger partial charge in [0.05, 0.1) is 35.1 Å². The van der Waals surface area contributed by atoms with Crippen LogP contribution in [-0.2, 0) is 12.1 Å². The zero-order valence-corrected chi connectivity index (χ0v) is 33.5. The first-order chi connectivity index (χ1) is 25.3. The predicted octanol–water partition coefficient (Wildman–Crippen LogP) is 13.3. The molecule has 6 rings (SSSR count). The third kappa shape index (κ3) is 9.35. The summed E-state index contributed by atoms with van der Waals surface area (Å²) in [6, 6.07) is 20.7. The average Bonchev–Trinajstić information content (AvgIpc) is 3.90. The molecule has 1 unspecified atom stereocenters. The fourth-order valence-electron chi connectivity index (χ4n) is 7.81. The summed E-state index contributed by atoms with van der Waals surface area (Å²) in [5.74, 6) is 0. The standard InChI is InChI=1S/C29H40N4.C17H26N2/c1-5-7-9-11-17-29(18-12-10-8-6-2,32-27-15-13-23(3)19-25(27)21-30-32)33-28-16-14-24(4)20-26(28)22-31-33;1-4-6-7-8-9-15-10-11-17-16(12-15)13-18-19(17)14(3)5-2/h13-16,19-22H,5-12,17-18H2,1-4H3;10-14H,4-9H2,1-3H3. The molecule has 6 aromatic rings. The third-order valence-corrected chi connectivity index (χ3v) is 11.1. The van der Waals surface area contributed by atoms with Gasteiger partial charge in [-0.3, -0.25) is 4.68 Å². The van der Waals surface area contributed by atoms with Crippen LogP contribution in [0.5, 0.6) is 0 Å². The highest BCUT2D eigenvalue weighted by atomic mass is 15.5. The Balaban J connectivity index is 0.000000233. The lowest BCUT2D eigenvalue weighted by Gasteiger charge is -2.36. The first-order valence-corrected chi connectivity index (χ1v) is 20.7. The summed E-state index contributed by atoms with van der Waals surface area (Å²) in [5.41, 5.74) is 7.40. The molecule has 6 nitrogen and oxygen atoms in total. The number of nitrogens with zero attached hydrogens (tertiary/aromatic N) is 6. The van der Waals surface area contributed by atoms with Gasteiger partial charge >= 0.3 is 0 Å². The van der Waals surface area contributed by atoms with E-state index in [-0.39, 0.29) is 5.66 Å². The Labute approximate surface area is 314 Å². The number of hydrogen-bond acceptors (Lipinski definition) is 3. The predicted molar refractivity (Wildman–Crippen MR) is 222 cm³/mol. The summed E-state index contributed by atoms with van der Waals surface area (Å²) in [7, 11) is 0. The number of rotatable bonds is 19. The van der Waals surface area contributed by atoms with Gasteiger partial charge in [0.25, 0.3) is 0 Å². The van der Waals surface area contributed by atoms with Crippen molar-refractivity contribution in [3.05, 3.63) is 89.9 Å². The highest BCUT2D eigenvalue weighted by Crippen LogP contribution is 2.37. The van der Waals surface area contributed by atoms with Crippen molar-refractivity contribution < 1.29 is 0 Å². The fourth-order valence-corrected chi connectivity index (χ4v) is 7.81. The van der Waals surface area contributed by atoms with Crippen LogP contribution in [0.15, 0.2) is 73.2 Å². The van der Waals surface area contributed by atoms with Crippen molar-refractivity contribution in [2.75, 3.05) is 0 Å². The Kier molecular flexibility index (Phi) is 14.5. The third-order valence-electron chi connectivity index (χ3n) is 11.1. The van der Waals surface area contributed by atoms with E-state index in [1.165, 1.54) is 133 Å². The highest BCUT2D eigenvalue weighted by molar-refractivity contribution is 5.82. The summed E-state index contributed by atoms with van der Waals surface area (Å²) >= 11 is 0. The lowest BCUT2D eigenvalue weighted by molar-refractivity contribution is 0.151. The molecule has 0 saturated heterocycles. The number of unbranched alkanes of at least 4 members (excludes halogenated alkanes) is 9. The van der Waals surface area contributed by atoms with Crippen molar-refractivity contribution in [1.29, 1.82) is 0 Å². The van der Waals surface area contributed by atoms with E-state index in [1.807, 2.05) is 18.6 Å². The molecule has 3 aromatic carbocycles. The summed E-state index contributed by atoms with van der Waals surface area (Å²) in [4.78, 5) is 0. The molecule has 0 N–H and O–H groups in total. The maximum atomic E-state index is 5.04. The van der Waals surface area contributed by atoms with Gasteiger partial charge in [-0.05, 0) is 108 Å². The van der Waals surface area contributed by atoms with E-state index in [1.54, 1.807) is 0 Å². The van der Waals surface area contributed by atoms with E-state index in [9.17, 15) is 0 Å². The maximum absolute atomic E-state index is 5.04. The zero-order chi connectivity index (χ0) is 36.9. The van der Waals surface area contributed by atoms with Gasteiger partial charge in [-0.1, -0.05) is 115 Å². The SMILES string of the molecule is CCCCCCC(CCCCCC)(n1ncc2cc(C)ccc21)n1ncc2cc(C)ccc21.CCCCCCc1ccc2c(cnn2C(C)CC)c1. The fraction of sp³-hybridized carbons (Fsp3) is 0.543. The van der Waals surface area contributed by atoms with Gasteiger partial charge in [-0.25, -0.2) is 9.36 Å². The van der Waals surface area contributed by atoms with Crippen LogP contribution in [0.1, 0.15) is 154 Å². The number of aryl methyl sites for hydroxylation is 3. The number of hydrogen-bond donors (Lipinski definition) is 0. The Morgan fingerprint density at radius 2 is 1.02 bits per heavy atom. The molecule has 0 fully saturated rings. The van der Waals surface area contributed by atoms with Crippen molar-refractivity contribution >= 4 is 32.7 Å². The second kappa shape index (κ2) is 19.2. The van der Waals surface area contributed by atoms with Gasteiger partial charge in [-0.2, -0.15) is 15.3 Å². The van der Waals surface area contributed by atoms with Gasteiger partial charge in [0.15, 0.2) is 5.66 Å². The van der Waals surface area contributed by atoms with Crippen LogP contribution in [0.2, 0.25) is 0 Å². The molecule has 0 bridgehead atoms. The Morgan fingerprint density at radius 3 is 1.54 bits per heavy atom. The molecule has 52 heavy (non-hydrogen) atoms. The van der Waals surface area contributed by atoms with Gasteiger partial charge < -0.3 is 0 Å². The number of aromatic nitrogens is 6. The Hall–Kier alpha value is -3.93. The second-order valence-corrected chi connectivity index (χ2v) is 15.4. The van der Waals surface area contributed by atoms with Gasteiger partial charge in [0.1, 0.15) is 0 Å². The molecule has 280 valence electrons. The molecule has 3 aromatic heterocycles. The molecule has 0 spiro atoms. The molecular formula is C46H66N6. The Morgan fingerprint density at radius 1 is 0.538 bits per heavy atom. The number of benzene rings is 3. The second-order valence-electron chi connectivity index (χ2n) is 15.4. The Bertz CT molecular complexity index is 1860. The van der Waals surface area contributed by atoms with Crippen LogP contribution in [-0.4, -0.2) is 29.3 Å². The van der Waals surface area contributed by atoms with Crippen molar-refractivity contribution in [2.45, 2.75) is 163 Å². The lowest BCUT2D eigenvalue weighted by atomic mass is 9.93. The minimum atomic E-state index is -0.296. The van der Waals surface area contributed by atoms with Crippen molar-refractivity contribution in [3.8, 4) is 0 Å². The summed E-state index contributed by atoms with van der Waals surface area (Å²) in [5, 5.41) is 18.3. The quantitative estimate of drug-likeness (QED) is 0.0790. The first-order valence-electron chi connectivity index (χ1n) is 20.7. The van der Waals surface area contributed by atoms with E-state index in [4.69, 9.17) is 10.2 Å². The minimum Gasteiger partial charge on any atom is -0.262 e. The first kappa shape index (κ1) is 39.3. The molecule has 0 aliphatic rings. The molecule has 0 aliphatic carbocycles. The van der Waals surface area contributed by atoms with E-state index < -0.39 is 0 Å². The van der Waals surface area contributed by atoms with Crippen LogP contribution >= 0.6 is 0 Å². The van der Waals surface area contributed by atoms with E-state index >= 15 is 0 Å². The summed E-state index contributed by atoms with van der Waals surface area (Å²) < 4.78 is 6.77. The minimum absolute atomic E-state index is 0.296. The van der Waals surface area contributed by atoms with Gasteiger partial charge in [-0.15, -0.1) is 0 Å². The van der Waals surface area contributed by atoms with Crippen molar-refractivity contribution in [1.82, 2.24) is 29.3 Å². The molecule has 3 heterocycles. The van der Waals surface area contributed by atoms with Crippen LogP contribution in [0, 0.1) is 13.8 Å². The molecule has 6 heteroatoms. The van der Waals surface area contributed by atoms with Crippen LogP contribution in [0.3, 0.4) is 0 Å². The van der Waals surface area contributed by atoms with Crippen LogP contribution in [0.4, 0.5) is 0 Å². The lowest BCUT2D eigenvalue weighted by Crippen LogP contribution is -2.43. The largest absolute Gasteiger partial charge is 0.262 e. The average molecular weight is 703 g/mol.